The van der Waals surface area contributed by atoms with Gasteiger partial charge in [-0.3, -0.25) is 4.68 Å². The minimum absolute atomic E-state index is 0.0151. The SMILES string of the molecule is O=C(O)N1CCC(n2cc(-c3cnc4[nH]cc(C=Cc5c(Cl)cccc5C(F)(F)F)c4c3)cn2)CC1. The summed E-state index contributed by atoms with van der Waals surface area (Å²) in [6.07, 6.45) is 5.90. The number of rotatable bonds is 4. The Kier molecular flexibility index (Phi) is 6.21. The number of piperidine rings is 1. The van der Waals surface area contributed by atoms with Crippen LogP contribution in [-0.4, -0.2) is 48.9 Å². The van der Waals surface area contributed by atoms with Crippen LogP contribution in [0.15, 0.2) is 49.1 Å². The topological polar surface area (TPSA) is 87.0 Å². The van der Waals surface area contributed by atoms with Crippen LogP contribution in [0.1, 0.15) is 35.6 Å². The molecule has 0 spiro atoms. The Hall–Kier alpha value is -3.79. The van der Waals surface area contributed by atoms with E-state index in [4.69, 9.17) is 16.7 Å². The van der Waals surface area contributed by atoms with E-state index in [1.165, 1.54) is 23.1 Å². The van der Waals surface area contributed by atoms with Crippen LogP contribution in [0.4, 0.5) is 18.0 Å². The maximum atomic E-state index is 13.4. The molecule has 11 heteroatoms. The van der Waals surface area contributed by atoms with Crippen LogP contribution in [0.2, 0.25) is 5.02 Å². The van der Waals surface area contributed by atoms with Crippen molar-refractivity contribution in [3.05, 3.63) is 70.8 Å². The number of likely N-dealkylation sites (tertiary alicyclic amines) is 1. The average Bonchev–Trinajstić information content (AvgIpc) is 3.50. The van der Waals surface area contributed by atoms with Crippen molar-refractivity contribution in [2.75, 3.05) is 13.1 Å². The van der Waals surface area contributed by atoms with Crippen molar-refractivity contribution in [1.82, 2.24) is 24.6 Å². The molecular formula is C25H21ClF3N5O2. The van der Waals surface area contributed by atoms with Crippen molar-refractivity contribution in [2.24, 2.45) is 0 Å². The maximum absolute atomic E-state index is 13.4. The number of halogens is 4. The first-order valence-corrected chi connectivity index (χ1v) is 11.6. The van der Waals surface area contributed by atoms with Crippen molar-refractivity contribution in [3.63, 3.8) is 0 Å². The summed E-state index contributed by atoms with van der Waals surface area (Å²) in [6.45, 7) is 0.923. The van der Waals surface area contributed by atoms with Crippen molar-refractivity contribution in [3.8, 4) is 11.1 Å². The second-order valence-electron chi connectivity index (χ2n) is 8.61. The molecule has 186 valence electrons. The number of amides is 1. The van der Waals surface area contributed by atoms with Gasteiger partial charge in [0.1, 0.15) is 5.65 Å². The summed E-state index contributed by atoms with van der Waals surface area (Å²) >= 11 is 6.08. The molecule has 0 saturated carbocycles. The molecule has 4 aromatic rings. The van der Waals surface area contributed by atoms with Gasteiger partial charge in [0.25, 0.3) is 0 Å². The number of aromatic nitrogens is 4. The minimum atomic E-state index is -4.52. The fraction of sp³-hybridized carbons (Fsp3) is 0.240. The molecule has 0 atom stereocenters. The summed E-state index contributed by atoms with van der Waals surface area (Å²) in [7, 11) is 0. The van der Waals surface area contributed by atoms with Crippen molar-refractivity contribution in [2.45, 2.75) is 25.1 Å². The molecule has 1 fully saturated rings. The van der Waals surface area contributed by atoms with Gasteiger partial charge in [0.05, 0.1) is 17.8 Å². The van der Waals surface area contributed by atoms with E-state index in [-0.39, 0.29) is 16.6 Å². The molecule has 4 heterocycles. The molecule has 36 heavy (non-hydrogen) atoms. The third kappa shape index (κ3) is 4.68. The van der Waals surface area contributed by atoms with Gasteiger partial charge in [-0.25, -0.2) is 9.78 Å². The Labute approximate surface area is 208 Å². The highest BCUT2D eigenvalue weighted by Crippen LogP contribution is 2.36. The smallest absolute Gasteiger partial charge is 0.417 e. The highest BCUT2D eigenvalue weighted by atomic mass is 35.5. The molecule has 0 bridgehead atoms. The number of H-pyrrole nitrogens is 1. The third-order valence-corrected chi connectivity index (χ3v) is 6.72. The average molecular weight is 516 g/mol. The van der Waals surface area contributed by atoms with Gasteiger partial charge in [0, 0.05) is 64.3 Å². The van der Waals surface area contributed by atoms with E-state index in [1.807, 2.05) is 16.9 Å². The van der Waals surface area contributed by atoms with Gasteiger partial charge in [0.15, 0.2) is 0 Å². The van der Waals surface area contributed by atoms with Gasteiger partial charge in [-0.1, -0.05) is 29.8 Å². The van der Waals surface area contributed by atoms with Crippen LogP contribution in [-0.2, 0) is 6.18 Å². The van der Waals surface area contributed by atoms with Crippen molar-refractivity contribution in [1.29, 1.82) is 0 Å². The van der Waals surface area contributed by atoms with Gasteiger partial charge in [0.2, 0.25) is 0 Å². The van der Waals surface area contributed by atoms with E-state index in [1.54, 1.807) is 24.7 Å². The molecule has 7 nitrogen and oxygen atoms in total. The monoisotopic (exact) mass is 515 g/mol. The zero-order chi connectivity index (χ0) is 25.4. The van der Waals surface area contributed by atoms with Gasteiger partial charge in [-0.05, 0) is 31.0 Å². The minimum Gasteiger partial charge on any atom is -0.465 e. The van der Waals surface area contributed by atoms with Gasteiger partial charge < -0.3 is 15.0 Å². The lowest BCUT2D eigenvalue weighted by Gasteiger charge is -2.30. The first-order chi connectivity index (χ1) is 17.2. The number of benzene rings is 1. The number of hydrogen-bond acceptors (Lipinski definition) is 3. The number of carboxylic acid groups (broad SMARTS) is 1. The van der Waals surface area contributed by atoms with Crippen LogP contribution in [0.5, 0.6) is 0 Å². The number of carbonyl (C=O) groups is 1. The highest BCUT2D eigenvalue weighted by molar-refractivity contribution is 6.32. The van der Waals surface area contributed by atoms with E-state index >= 15 is 0 Å². The Morgan fingerprint density at radius 2 is 1.94 bits per heavy atom. The van der Waals surface area contributed by atoms with E-state index in [0.717, 1.165) is 22.6 Å². The third-order valence-electron chi connectivity index (χ3n) is 6.39. The summed E-state index contributed by atoms with van der Waals surface area (Å²) in [5, 5.41) is 14.4. The number of pyridine rings is 1. The second-order valence-corrected chi connectivity index (χ2v) is 9.01. The standard InChI is InChI=1S/C25H21ClF3N5O2/c26-22-3-1-2-21(25(27,28)29)19(22)5-4-15-11-30-23-20(15)10-16(12-31-23)17-13-32-34(14-17)18-6-8-33(9-7-18)24(35)36/h1-5,10-14,18H,6-9H2,(H,30,31)(H,35,36). The van der Waals surface area contributed by atoms with E-state index in [2.05, 4.69) is 15.1 Å². The first kappa shape index (κ1) is 23.9. The largest absolute Gasteiger partial charge is 0.465 e. The number of aromatic amines is 1. The molecule has 3 aromatic heterocycles. The summed E-state index contributed by atoms with van der Waals surface area (Å²) < 4.78 is 42.2. The highest BCUT2D eigenvalue weighted by Gasteiger charge is 2.33. The summed E-state index contributed by atoms with van der Waals surface area (Å²) in [5.74, 6) is 0. The number of alkyl halides is 3. The van der Waals surface area contributed by atoms with E-state index in [9.17, 15) is 18.0 Å². The van der Waals surface area contributed by atoms with Crippen LogP contribution < -0.4 is 0 Å². The summed E-state index contributed by atoms with van der Waals surface area (Å²) in [6, 6.07) is 5.72. The lowest BCUT2D eigenvalue weighted by Crippen LogP contribution is -2.38. The number of fused-ring (bicyclic) bond motifs is 1. The fourth-order valence-corrected chi connectivity index (χ4v) is 4.69. The number of nitrogens with one attached hydrogen (secondary N) is 1. The molecule has 1 aliphatic heterocycles. The summed E-state index contributed by atoms with van der Waals surface area (Å²) in [5.41, 5.74) is 2.01. The zero-order valence-corrected chi connectivity index (χ0v) is 19.6. The van der Waals surface area contributed by atoms with Crippen LogP contribution >= 0.6 is 11.6 Å². The molecule has 2 N–H and O–H groups in total. The van der Waals surface area contributed by atoms with Crippen molar-refractivity contribution < 1.29 is 23.1 Å². The Balaban J connectivity index is 1.41. The Morgan fingerprint density at radius 3 is 2.67 bits per heavy atom. The Morgan fingerprint density at radius 1 is 1.17 bits per heavy atom. The van der Waals surface area contributed by atoms with Crippen molar-refractivity contribution >= 4 is 40.9 Å². The van der Waals surface area contributed by atoms with Gasteiger partial charge in [-0.2, -0.15) is 18.3 Å². The molecule has 1 aliphatic rings. The van der Waals surface area contributed by atoms with E-state index in [0.29, 0.717) is 37.1 Å². The lowest BCUT2D eigenvalue weighted by atomic mass is 10.0. The number of nitrogens with zero attached hydrogens (tertiary/aromatic N) is 4. The maximum Gasteiger partial charge on any atom is 0.417 e. The zero-order valence-electron chi connectivity index (χ0n) is 18.8. The first-order valence-electron chi connectivity index (χ1n) is 11.2. The van der Waals surface area contributed by atoms with Gasteiger partial charge >= 0.3 is 12.3 Å². The normalized spacial score (nSPS) is 15.3. The van der Waals surface area contributed by atoms with Crippen LogP contribution in [0.3, 0.4) is 0 Å². The fourth-order valence-electron chi connectivity index (χ4n) is 4.45. The predicted octanol–water partition coefficient (Wildman–Crippen LogP) is 6.58. The number of hydrogen-bond donors (Lipinski definition) is 2. The molecule has 0 radical (unpaired) electrons. The molecule has 0 unspecified atom stereocenters. The van der Waals surface area contributed by atoms with Crippen LogP contribution in [0, 0.1) is 0 Å². The Bertz CT molecular complexity index is 1450. The molecular weight excluding hydrogens is 495 g/mol. The van der Waals surface area contributed by atoms with E-state index < -0.39 is 17.8 Å². The predicted molar refractivity (Wildman–Crippen MR) is 131 cm³/mol. The lowest BCUT2D eigenvalue weighted by molar-refractivity contribution is -0.137. The molecule has 1 amide bonds. The quantitative estimate of drug-likeness (QED) is 0.321. The molecule has 5 rings (SSSR count). The summed E-state index contributed by atoms with van der Waals surface area (Å²) in [4.78, 5) is 20.0. The molecule has 0 aliphatic carbocycles. The molecule has 1 aromatic carbocycles. The van der Waals surface area contributed by atoms with Crippen LogP contribution in [0.25, 0.3) is 34.3 Å². The molecule has 1 saturated heterocycles. The second kappa shape index (κ2) is 9.34. The van der Waals surface area contributed by atoms with Gasteiger partial charge in [-0.15, -0.1) is 0 Å².